The predicted molar refractivity (Wildman–Crippen MR) is 42.9 cm³/mol. The minimum atomic E-state index is 0.0694. The van der Waals surface area contributed by atoms with Crippen LogP contribution in [0.5, 0.6) is 0 Å². The van der Waals surface area contributed by atoms with Gasteiger partial charge in [0.05, 0.1) is 4.83 Å². The van der Waals surface area contributed by atoms with Gasteiger partial charge in [0.2, 0.25) is 0 Å². The second kappa shape index (κ2) is 4.98. The van der Waals surface area contributed by atoms with Gasteiger partial charge in [0.25, 0.3) is 0 Å². The second-order valence-electron chi connectivity index (χ2n) is 2.62. The Hall–Kier alpha value is 0.150. The summed E-state index contributed by atoms with van der Waals surface area (Å²) >= 11 is 3.24. The maximum atomic E-state index is 10.1. The molecule has 0 radical (unpaired) electrons. The van der Waals surface area contributed by atoms with E-state index in [1.165, 1.54) is 0 Å². The first-order chi connectivity index (χ1) is 4.16. The maximum absolute atomic E-state index is 10.1. The van der Waals surface area contributed by atoms with Crippen LogP contribution < -0.4 is 0 Å². The fourth-order valence-electron chi connectivity index (χ4n) is 0.561. The molecular formula is C7H13BrO. The van der Waals surface area contributed by atoms with Crippen LogP contribution in [0.2, 0.25) is 0 Å². The Kier molecular flexibility index (Phi) is 5.06. The van der Waals surface area contributed by atoms with Crippen LogP contribution >= 0.6 is 15.9 Å². The molecule has 0 N–H and O–H groups in total. The molecule has 54 valence electrons. The SMILES string of the molecule is CC(C)CCC(Br)C=O. The van der Waals surface area contributed by atoms with Gasteiger partial charge in [-0.3, -0.25) is 0 Å². The molecule has 0 spiro atoms. The highest BCUT2D eigenvalue weighted by atomic mass is 79.9. The summed E-state index contributed by atoms with van der Waals surface area (Å²) in [4.78, 5) is 10.1. The van der Waals surface area contributed by atoms with E-state index in [1.807, 2.05) is 0 Å². The largest absolute Gasteiger partial charge is 0.302 e. The van der Waals surface area contributed by atoms with Crippen molar-refractivity contribution in [2.75, 3.05) is 0 Å². The third-order valence-electron chi connectivity index (χ3n) is 1.17. The molecule has 0 fully saturated rings. The molecule has 1 atom stereocenters. The first-order valence-corrected chi connectivity index (χ1v) is 4.17. The topological polar surface area (TPSA) is 17.1 Å². The molecule has 0 aromatic heterocycles. The number of hydrogen-bond donors (Lipinski definition) is 0. The van der Waals surface area contributed by atoms with E-state index in [2.05, 4.69) is 29.8 Å². The minimum Gasteiger partial charge on any atom is -0.302 e. The van der Waals surface area contributed by atoms with Crippen LogP contribution in [0.4, 0.5) is 0 Å². The molecule has 1 unspecified atom stereocenters. The highest BCUT2D eigenvalue weighted by molar-refractivity contribution is 9.09. The van der Waals surface area contributed by atoms with Crippen LogP contribution in [0.1, 0.15) is 26.7 Å². The lowest BCUT2D eigenvalue weighted by atomic mass is 10.1. The number of hydrogen-bond acceptors (Lipinski definition) is 1. The number of rotatable bonds is 4. The number of alkyl halides is 1. The zero-order valence-corrected chi connectivity index (χ0v) is 7.52. The van der Waals surface area contributed by atoms with Gasteiger partial charge in [-0.15, -0.1) is 0 Å². The van der Waals surface area contributed by atoms with E-state index in [-0.39, 0.29) is 4.83 Å². The van der Waals surface area contributed by atoms with Gasteiger partial charge >= 0.3 is 0 Å². The third-order valence-corrected chi connectivity index (χ3v) is 1.84. The summed E-state index contributed by atoms with van der Waals surface area (Å²) < 4.78 is 0. The van der Waals surface area contributed by atoms with Gasteiger partial charge in [0.15, 0.2) is 0 Å². The zero-order chi connectivity index (χ0) is 7.28. The summed E-state index contributed by atoms with van der Waals surface area (Å²) in [6.45, 7) is 4.31. The molecule has 0 aromatic carbocycles. The summed E-state index contributed by atoms with van der Waals surface area (Å²) in [5.74, 6) is 0.699. The molecule has 0 aliphatic rings. The number of carbonyl (C=O) groups excluding carboxylic acids is 1. The van der Waals surface area contributed by atoms with E-state index < -0.39 is 0 Å². The molecule has 0 bridgehead atoms. The Labute approximate surface area is 65.0 Å². The molecule has 1 nitrogen and oxygen atoms in total. The van der Waals surface area contributed by atoms with Gasteiger partial charge in [0.1, 0.15) is 6.29 Å². The summed E-state index contributed by atoms with van der Waals surface area (Å²) in [6.07, 6.45) is 3.03. The summed E-state index contributed by atoms with van der Waals surface area (Å²) in [5.41, 5.74) is 0. The van der Waals surface area contributed by atoms with Crippen LogP contribution in [0.25, 0.3) is 0 Å². The van der Waals surface area contributed by atoms with Crippen LogP contribution in [-0.4, -0.2) is 11.1 Å². The van der Waals surface area contributed by atoms with Crippen molar-refractivity contribution in [3.63, 3.8) is 0 Å². The fourth-order valence-corrected chi connectivity index (χ4v) is 0.825. The van der Waals surface area contributed by atoms with Gasteiger partial charge in [-0.05, 0) is 18.8 Å². The number of halogens is 1. The van der Waals surface area contributed by atoms with Crippen LogP contribution in [0, 0.1) is 5.92 Å². The summed E-state index contributed by atoms with van der Waals surface area (Å²) in [5, 5.41) is 0. The summed E-state index contributed by atoms with van der Waals surface area (Å²) in [6, 6.07) is 0. The lowest BCUT2D eigenvalue weighted by Crippen LogP contribution is -2.00. The van der Waals surface area contributed by atoms with Gasteiger partial charge < -0.3 is 4.79 Å². The maximum Gasteiger partial charge on any atom is 0.133 e. The van der Waals surface area contributed by atoms with Crippen molar-refractivity contribution in [3.05, 3.63) is 0 Å². The average Bonchev–Trinajstić information content (AvgIpc) is 1.83. The fraction of sp³-hybridized carbons (Fsp3) is 0.857. The van der Waals surface area contributed by atoms with Crippen molar-refractivity contribution in [2.45, 2.75) is 31.5 Å². The van der Waals surface area contributed by atoms with Gasteiger partial charge in [-0.2, -0.15) is 0 Å². The first-order valence-electron chi connectivity index (χ1n) is 3.26. The second-order valence-corrected chi connectivity index (χ2v) is 3.80. The molecule has 0 aliphatic carbocycles. The zero-order valence-electron chi connectivity index (χ0n) is 5.93. The molecule has 0 saturated heterocycles. The Morgan fingerprint density at radius 1 is 1.44 bits per heavy atom. The minimum absolute atomic E-state index is 0.0694. The molecule has 0 amide bonds. The molecule has 9 heavy (non-hydrogen) atoms. The van der Waals surface area contributed by atoms with Crippen LogP contribution in [0.15, 0.2) is 0 Å². The molecule has 0 saturated carbocycles. The monoisotopic (exact) mass is 192 g/mol. The first kappa shape index (κ1) is 9.15. The van der Waals surface area contributed by atoms with Crippen molar-refractivity contribution in [1.29, 1.82) is 0 Å². The standard InChI is InChI=1S/C7H13BrO/c1-6(2)3-4-7(8)5-9/h5-7H,3-4H2,1-2H3. The van der Waals surface area contributed by atoms with Crippen LogP contribution in [-0.2, 0) is 4.79 Å². The van der Waals surface area contributed by atoms with Crippen molar-refractivity contribution in [3.8, 4) is 0 Å². The van der Waals surface area contributed by atoms with E-state index in [9.17, 15) is 4.79 Å². The average molecular weight is 193 g/mol. The van der Waals surface area contributed by atoms with E-state index in [0.717, 1.165) is 19.1 Å². The molecule has 0 aromatic rings. The normalized spacial score (nSPS) is 13.8. The summed E-state index contributed by atoms with van der Waals surface area (Å²) in [7, 11) is 0. The lowest BCUT2D eigenvalue weighted by molar-refractivity contribution is -0.107. The van der Waals surface area contributed by atoms with Crippen LogP contribution in [0.3, 0.4) is 0 Å². The smallest absolute Gasteiger partial charge is 0.133 e. The quantitative estimate of drug-likeness (QED) is 0.494. The molecule has 0 aliphatic heterocycles. The number of carbonyl (C=O) groups is 1. The highest BCUT2D eigenvalue weighted by Gasteiger charge is 2.01. The van der Waals surface area contributed by atoms with E-state index in [1.54, 1.807) is 0 Å². The van der Waals surface area contributed by atoms with Gasteiger partial charge in [0, 0.05) is 0 Å². The Morgan fingerprint density at radius 3 is 2.33 bits per heavy atom. The Morgan fingerprint density at radius 2 is 2.00 bits per heavy atom. The molecular weight excluding hydrogens is 180 g/mol. The van der Waals surface area contributed by atoms with Crippen molar-refractivity contribution < 1.29 is 4.79 Å². The molecule has 0 rings (SSSR count). The van der Waals surface area contributed by atoms with Gasteiger partial charge in [-0.1, -0.05) is 29.8 Å². The van der Waals surface area contributed by atoms with Gasteiger partial charge in [-0.25, -0.2) is 0 Å². The Bertz CT molecular complexity index is 81.0. The van der Waals surface area contributed by atoms with Crippen molar-refractivity contribution >= 4 is 22.2 Å². The van der Waals surface area contributed by atoms with E-state index in [4.69, 9.17) is 0 Å². The lowest BCUT2D eigenvalue weighted by Gasteiger charge is -2.03. The van der Waals surface area contributed by atoms with E-state index in [0.29, 0.717) is 5.92 Å². The van der Waals surface area contributed by atoms with Crippen molar-refractivity contribution in [1.82, 2.24) is 0 Å². The molecule has 0 heterocycles. The van der Waals surface area contributed by atoms with E-state index >= 15 is 0 Å². The number of aldehydes is 1. The van der Waals surface area contributed by atoms with Crippen molar-refractivity contribution in [2.24, 2.45) is 5.92 Å². The Balaban J connectivity index is 3.16. The predicted octanol–water partition coefficient (Wildman–Crippen LogP) is 2.39. The third kappa shape index (κ3) is 6.03. The molecule has 2 heteroatoms. The highest BCUT2D eigenvalue weighted by Crippen LogP contribution is 2.10.